The maximum Gasteiger partial charge on any atom is 0.103 e. The van der Waals surface area contributed by atoms with Crippen LogP contribution >= 0.6 is 50.9 Å². The number of ether oxygens (including phenoxy) is 6. The molecule has 0 fully saturated rings. The molecule has 0 aromatic rings. The van der Waals surface area contributed by atoms with Crippen LogP contribution in [0.1, 0.15) is 13.3 Å². The predicted octanol–water partition coefficient (Wildman–Crippen LogP) is 2.94. The van der Waals surface area contributed by atoms with E-state index < -0.39 is 0 Å². The fourth-order valence-electron chi connectivity index (χ4n) is 2.65. The van der Waals surface area contributed by atoms with Gasteiger partial charge in [0.15, 0.2) is 0 Å². The maximum absolute atomic E-state index is 5.70. The number of hydrogen-bond acceptors (Lipinski definition) is 6. The standard InChI is InChI=1S/C18H40NO6.3BrH/c1-5-6-19(7-10-23-16-13-20-2,8-11-24-17-14-21-3)9-12-25-18-15-22-4;;;/h5-18H2,1-4H3;3*1H/q+1;;;. The van der Waals surface area contributed by atoms with E-state index in [4.69, 9.17) is 28.4 Å². The van der Waals surface area contributed by atoms with Crippen molar-refractivity contribution in [2.75, 3.05) is 107 Å². The Morgan fingerprint density at radius 3 is 1.04 bits per heavy atom. The van der Waals surface area contributed by atoms with E-state index in [2.05, 4.69) is 6.92 Å². The number of nitrogens with zero attached hydrogens (tertiary/aromatic N) is 1. The van der Waals surface area contributed by atoms with Crippen molar-refractivity contribution in [1.29, 1.82) is 0 Å². The first kappa shape index (κ1) is 36.5. The Bertz CT molecular complexity index is 246. The molecule has 176 valence electrons. The summed E-state index contributed by atoms with van der Waals surface area (Å²) in [4.78, 5) is 0. The van der Waals surface area contributed by atoms with Crippen LogP contribution in [0.5, 0.6) is 0 Å². The van der Waals surface area contributed by atoms with Crippen molar-refractivity contribution in [3.05, 3.63) is 0 Å². The summed E-state index contributed by atoms with van der Waals surface area (Å²) in [6, 6.07) is 0. The Labute approximate surface area is 203 Å². The molecule has 0 saturated carbocycles. The van der Waals surface area contributed by atoms with Gasteiger partial charge in [-0.25, -0.2) is 0 Å². The molecule has 7 nitrogen and oxygen atoms in total. The summed E-state index contributed by atoms with van der Waals surface area (Å²) in [6.07, 6.45) is 1.12. The number of methoxy groups -OCH3 is 3. The Hall–Kier alpha value is 1.16. The molecule has 0 atom stereocenters. The lowest BCUT2D eigenvalue weighted by atomic mass is 10.2. The molecule has 0 aliphatic rings. The van der Waals surface area contributed by atoms with Gasteiger partial charge in [-0.1, -0.05) is 6.92 Å². The maximum atomic E-state index is 5.70. The molecule has 0 bridgehead atoms. The highest BCUT2D eigenvalue weighted by atomic mass is 79.9. The van der Waals surface area contributed by atoms with Gasteiger partial charge in [0.05, 0.1) is 66.0 Å². The Morgan fingerprint density at radius 2 is 0.786 bits per heavy atom. The molecule has 0 unspecified atom stereocenters. The zero-order valence-corrected chi connectivity index (χ0v) is 23.2. The average Bonchev–Trinajstić information content (AvgIpc) is 2.61. The molecular formula is C18H43Br3NO6+. The van der Waals surface area contributed by atoms with Crippen LogP contribution in [0.2, 0.25) is 0 Å². The van der Waals surface area contributed by atoms with Crippen molar-refractivity contribution >= 4 is 50.9 Å². The van der Waals surface area contributed by atoms with Crippen molar-refractivity contribution in [2.24, 2.45) is 0 Å². The first-order chi connectivity index (χ1) is 12.2. The minimum atomic E-state index is 0. The molecule has 0 saturated heterocycles. The normalized spacial score (nSPS) is 10.7. The second-order valence-electron chi connectivity index (χ2n) is 6.05. The van der Waals surface area contributed by atoms with Gasteiger partial charge in [0.25, 0.3) is 0 Å². The monoisotopic (exact) mass is 606 g/mol. The van der Waals surface area contributed by atoms with Crippen LogP contribution in [0.15, 0.2) is 0 Å². The van der Waals surface area contributed by atoms with Crippen LogP contribution in [-0.2, 0) is 28.4 Å². The molecule has 0 aliphatic heterocycles. The molecule has 0 aliphatic carbocycles. The van der Waals surface area contributed by atoms with E-state index in [1.54, 1.807) is 21.3 Å². The van der Waals surface area contributed by atoms with E-state index in [1.807, 2.05) is 0 Å². The molecular weight excluding hydrogens is 566 g/mol. The van der Waals surface area contributed by atoms with Crippen molar-refractivity contribution in [3.63, 3.8) is 0 Å². The lowest BCUT2D eigenvalue weighted by molar-refractivity contribution is -0.929. The summed E-state index contributed by atoms with van der Waals surface area (Å²) >= 11 is 0. The van der Waals surface area contributed by atoms with Crippen LogP contribution in [0.4, 0.5) is 0 Å². The van der Waals surface area contributed by atoms with Gasteiger partial charge in [-0.3, -0.25) is 0 Å². The molecule has 0 rings (SSSR count). The van der Waals surface area contributed by atoms with E-state index in [0.29, 0.717) is 39.6 Å². The lowest BCUT2D eigenvalue weighted by Crippen LogP contribution is -2.54. The van der Waals surface area contributed by atoms with Gasteiger partial charge in [-0.05, 0) is 6.42 Å². The third-order valence-electron chi connectivity index (χ3n) is 4.12. The molecule has 10 heteroatoms. The largest absolute Gasteiger partial charge is 0.382 e. The summed E-state index contributed by atoms with van der Waals surface area (Å²) in [6.45, 7) is 12.2. The molecule has 0 aromatic heterocycles. The van der Waals surface area contributed by atoms with E-state index in [9.17, 15) is 0 Å². The third kappa shape index (κ3) is 21.9. The minimum Gasteiger partial charge on any atom is -0.382 e. The molecule has 0 radical (unpaired) electrons. The Balaban J connectivity index is -0.000000960. The Kier molecular flexibility index (Phi) is 36.7. The van der Waals surface area contributed by atoms with Crippen LogP contribution < -0.4 is 0 Å². The van der Waals surface area contributed by atoms with E-state index in [-0.39, 0.29) is 50.9 Å². The fourth-order valence-corrected chi connectivity index (χ4v) is 2.65. The number of quaternary nitrogens is 1. The van der Waals surface area contributed by atoms with Gasteiger partial charge >= 0.3 is 0 Å². The van der Waals surface area contributed by atoms with Crippen LogP contribution in [0.3, 0.4) is 0 Å². The van der Waals surface area contributed by atoms with Gasteiger partial charge in [-0.2, -0.15) is 0 Å². The van der Waals surface area contributed by atoms with Gasteiger partial charge in [0.1, 0.15) is 19.6 Å². The predicted molar refractivity (Wildman–Crippen MR) is 129 cm³/mol. The smallest absolute Gasteiger partial charge is 0.103 e. The fraction of sp³-hybridized carbons (Fsp3) is 1.00. The summed E-state index contributed by atoms with van der Waals surface area (Å²) in [5.74, 6) is 0. The first-order valence-electron chi connectivity index (χ1n) is 9.29. The van der Waals surface area contributed by atoms with Crippen LogP contribution in [0.25, 0.3) is 0 Å². The van der Waals surface area contributed by atoms with Crippen molar-refractivity contribution in [1.82, 2.24) is 0 Å². The van der Waals surface area contributed by atoms with Gasteiger partial charge in [0, 0.05) is 21.3 Å². The molecule has 28 heavy (non-hydrogen) atoms. The van der Waals surface area contributed by atoms with E-state index in [1.165, 1.54) is 0 Å². The van der Waals surface area contributed by atoms with Crippen LogP contribution in [0, 0.1) is 0 Å². The highest BCUT2D eigenvalue weighted by molar-refractivity contribution is 8.93. The first-order valence-corrected chi connectivity index (χ1v) is 9.29. The summed E-state index contributed by atoms with van der Waals surface area (Å²) < 4.78 is 33.2. The van der Waals surface area contributed by atoms with Gasteiger partial charge in [0.2, 0.25) is 0 Å². The van der Waals surface area contributed by atoms with Crippen molar-refractivity contribution < 1.29 is 32.9 Å². The lowest BCUT2D eigenvalue weighted by Gasteiger charge is -2.38. The van der Waals surface area contributed by atoms with E-state index in [0.717, 1.165) is 56.9 Å². The number of halogens is 3. The highest BCUT2D eigenvalue weighted by Gasteiger charge is 2.26. The molecule has 0 N–H and O–H groups in total. The van der Waals surface area contributed by atoms with Crippen LogP contribution in [-0.4, -0.2) is 111 Å². The average molecular weight is 609 g/mol. The third-order valence-corrected chi connectivity index (χ3v) is 4.12. The van der Waals surface area contributed by atoms with Gasteiger partial charge in [-0.15, -0.1) is 50.9 Å². The topological polar surface area (TPSA) is 55.4 Å². The number of rotatable bonds is 20. The number of hydrogen-bond donors (Lipinski definition) is 0. The quantitative estimate of drug-likeness (QED) is 0.157. The molecule has 0 aromatic carbocycles. The van der Waals surface area contributed by atoms with Gasteiger partial charge < -0.3 is 32.9 Å². The SMILES string of the molecule is Br.Br.Br.CCC[N+](CCOCCOC)(CCOCCOC)CCOCCOC. The second-order valence-corrected chi connectivity index (χ2v) is 6.05. The molecule has 0 heterocycles. The molecule has 0 spiro atoms. The summed E-state index contributed by atoms with van der Waals surface area (Å²) in [5.41, 5.74) is 0. The highest BCUT2D eigenvalue weighted by Crippen LogP contribution is 2.09. The van der Waals surface area contributed by atoms with Crippen molar-refractivity contribution in [2.45, 2.75) is 13.3 Å². The van der Waals surface area contributed by atoms with Crippen molar-refractivity contribution in [3.8, 4) is 0 Å². The summed E-state index contributed by atoms with van der Waals surface area (Å²) in [7, 11) is 5.07. The molecule has 0 amide bonds. The zero-order chi connectivity index (χ0) is 18.6. The minimum absolute atomic E-state index is 0. The zero-order valence-electron chi connectivity index (χ0n) is 18.0. The summed E-state index contributed by atoms with van der Waals surface area (Å²) in [5, 5.41) is 0. The second kappa shape index (κ2) is 28.2. The Morgan fingerprint density at radius 1 is 0.464 bits per heavy atom. The van der Waals surface area contributed by atoms with E-state index >= 15 is 0 Å².